The quantitative estimate of drug-likeness (QED) is 0.0440. The van der Waals surface area contributed by atoms with Crippen LogP contribution in [0.1, 0.15) is 51.8 Å². The first-order valence-corrected chi connectivity index (χ1v) is 22.9. The minimum absolute atomic E-state index is 0.143. The number of halogens is 1. The van der Waals surface area contributed by atoms with Gasteiger partial charge in [-0.3, -0.25) is 0 Å². The molecule has 2 aromatic rings. The van der Waals surface area contributed by atoms with Crippen LogP contribution in [0.3, 0.4) is 0 Å². The van der Waals surface area contributed by atoms with Gasteiger partial charge in [-0.25, -0.2) is 24.0 Å². The van der Waals surface area contributed by atoms with Crippen molar-refractivity contribution in [2.24, 2.45) is 0 Å². The van der Waals surface area contributed by atoms with Crippen molar-refractivity contribution >= 4 is 41.4 Å². The van der Waals surface area contributed by atoms with Crippen molar-refractivity contribution in [1.29, 1.82) is 0 Å². The monoisotopic (exact) mass is 1080 g/mol. The predicted octanol–water partition coefficient (Wildman–Crippen LogP) is 1.86. The van der Waals surface area contributed by atoms with E-state index in [9.17, 15) is 24.0 Å². The Hall–Kier alpha value is -4.52. The van der Waals surface area contributed by atoms with Gasteiger partial charge in [-0.15, -0.1) is 0 Å². The van der Waals surface area contributed by atoms with Crippen LogP contribution in [0.15, 0.2) is 36.4 Å². The standard InChI is InChI=1S/C10H6O8.C7H5ClO2.5C6H15NO2/c11-7(12)3-1-2-4(8(13)14)6(10(17)18)5(3)9(15)16;8-6-4-2-1-3-5(6)7(9)10;5*1-8-5-3-7-4-6-9-2/h1-2H,(H,11,12)(H,13,14)(H,15,16)(H,17,18);1-4H,(H,9,10);5*7H,3-6H2,1-2H3. The summed E-state index contributed by atoms with van der Waals surface area (Å²) < 4.78 is 48.2. The van der Waals surface area contributed by atoms with Crippen molar-refractivity contribution in [1.82, 2.24) is 26.6 Å². The van der Waals surface area contributed by atoms with Gasteiger partial charge in [0.15, 0.2) is 0 Å². The Kier molecular flexibility index (Phi) is 65.5. The number of nitrogens with one attached hydrogen (secondary N) is 5. The van der Waals surface area contributed by atoms with Gasteiger partial charge in [-0.1, -0.05) is 23.7 Å². The van der Waals surface area contributed by atoms with Gasteiger partial charge in [0.2, 0.25) is 0 Å². The fourth-order valence-corrected chi connectivity index (χ4v) is 4.62. The summed E-state index contributed by atoms with van der Waals surface area (Å²) in [5, 5.41) is 59.6. The third-order valence-electron chi connectivity index (χ3n) is 8.03. The van der Waals surface area contributed by atoms with Crippen molar-refractivity contribution in [3.05, 3.63) is 69.2 Å². The minimum atomic E-state index is -1.83. The molecule has 0 amide bonds. The predicted molar refractivity (Wildman–Crippen MR) is 276 cm³/mol. The van der Waals surface area contributed by atoms with E-state index in [1.165, 1.54) is 6.07 Å². The van der Waals surface area contributed by atoms with Crippen LogP contribution < -0.4 is 26.6 Å². The molecule has 426 valence electrons. The lowest BCUT2D eigenvalue weighted by molar-refractivity contribution is 0.0619. The second-order valence-electron chi connectivity index (χ2n) is 13.6. The van der Waals surface area contributed by atoms with Crippen LogP contribution in [0.25, 0.3) is 0 Å². The summed E-state index contributed by atoms with van der Waals surface area (Å²) in [4.78, 5) is 53.7. The highest BCUT2D eigenvalue weighted by Crippen LogP contribution is 2.20. The molecule has 0 fully saturated rings. The number of ether oxygens (including phenoxy) is 10. The molecule has 0 bridgehead atoms. The first kappa shape index (κ1) is 77.4. The van der Waals surface area contributed by atoms with Crippen molar-refractivity contribution < 1.29 is 96.9 Å². The van der Waals surface area contributed by atoms with Gasteiger partial charge in [0, 0.05) is 137 Å². The summed E-state index contributed by atoms with van der Waals surface area (Å²) in [5.41, 5.74) is -3.55. The Labute approximate surface area is 435 Å². The number of aromatic carboxylic acids is 5. The molecule has 26 heteroatoms. The van der Waals surface area contributed by atoms with E-state index in [-0.39, 0.29) is 10.6 Å². The molecule has 0 heterocycles. The molecule has 0 aliphatic carbocycles. The maximum Gasteiger partial charge on any atom is 0.337 e. The van der Waals surface area contributed by atoms with E-state index in [4.69, 9.17) is 84.5 Å². The van der Waals surface area contributed by atoms with Crippen molar-refractivity contribution in [3.63, 3.8) is 0 Å². The smallest absolute Gasteiger partial charge is 0.337 e. The molecule has 2 aromatic carbocycles. The van der Waals surface area contributed by atoms with E-state index < -0.39 is 52.1 Å². The van der Waals surface area contributed by atoms with E-state index in [2.05, 4.69) is 26.6 Å². The number of carboxylic acid groups (broad SMARTS) is 5. The van der Waals surface area contributed by atoms with Crippen molar-refractivity contribution in [2.75, 3.05) is 203 Å². The molecule has 73 heavy (non-hydrogen) atoms. The van der Waals surface area contributed by atoms with Gasteiger partial charge in [-0.2, -0.15) is 0 Å². The summed E-state index contributed by atoms with van der Waals surface area (Å²) in [6.45, 7) is 16.7. The zero-order valence-electron chi connectivity index (χ0n) is 44.3. The third kappa shape index (κ3) is 53.6. The van der Waals surface area contributed by atoms with Crippen molar-refractivity contribution in [3.8, 4) is 0 Å². The molecule has 0 spiro atoms. The van der Waals surface area contributed by atoms with E-state index in [1.807, 2.05) is 0 Å². The van der Waals surface area contributed by atoms with Crippen LogP contribution in [0.5, 0.6) is 0 Å². The van der Waals surface area contributed by atoms with Crippen LogP contribution in [0.2, 0.25) is 5.02 Å². The van der Waals surface area contributed by atoms with Crippen molar-refractivity contribution in [2.45, 2.75) is 0 Å². The molecule has 0 saturated carbocycles. The van der Waals surface area contributed by atoms with Gasteiger partial charge >= 0.3 is 29.8 Å². The highest BCUT2D eigenvalue weighted by atomic mass is 35.5. The van der Waals surface area contributed by atoms with Crippen LogP contribution in [0, 0.1) is 0 Å². The molecule has 0 aliphatic rings. The number of hydrogen-bond acceptors (Lipinski definition) is 20. The summed E-state index contributed by atoms with van der Waals surface area (Å²) >= 11 is 5.54. The number of carboxylic acids is 5. The van der Waals surface area contributed by atoms with Gasteiger partial charge in [0.1, 0.15) is 0 Å². The second kappa shape index (κ2) is 61.8. The highest BCUT2D eigenvalue weighted by molar-refractivity contribution is 6.33. The van der Waals surface area contributed by atoms with Crippen LogP contribution in [-0.2, 0) is 47.4 Å². The molecular weight excluding hydrogens is 990 g/mol. The van der Waals surface area contributed by atoms with E-state index >= 15 is 0 Å². The fraction of sp³-hybridized carbons (Fsp3) is 0.638. The molecule has 2 rings (SSSR count). The summed E-state index contributed by atoms with van der Waals surface area (Å²) in [6, 6.07) is 7.81. The van der Waals surface area contributed by atoms with E-state index in [0.29, 0.717) is 0 Å². The van der Waals surface area contributed by atoms with Gasteiger partial charge < -0.3 is 99.5 Å². The summed E-state index contributed by atoms with van der Waals surface area (Å²) in [6.07, 6.45) is 0. The minimum Gasteiger partial charge on any atom is -0.478 e. The number of rotatable bonds is 35. The first-order chi connectivity index (χ1) is 35.1. The average molecular weight is 1080 g/mol. The topological polar surface area (TPSA) is 339 Å². The highest BCUT2D eigenvalue weighted by Gasteiger charge is 2.29. The average Bonchev–Trinajstić information content (AvgIpc) is 3.37. The largest absolute Gasteiger partial charge is 0.478 e. The second-order valence-corrected chi connectivity index (χ2v) is 14.0. The lowest BCUT2D eigenvalue weighted by Crippen LogP contribution is -2.23. The number of benzene rings is 2. The van der Waals surface area contributed by atoms with Gasteiger partial charge in [-0.05, 0) is 24.3 Å². The number of methoxy groups -OCH3 is 10. The molecular formula is C47H86ClN5O20. The summed E-state index contributed by atoms with van der Waals surface area (Å²) in [5.74, 6) is -7.97. The number of hydrogen-bond donors (Lipinski definition) is 10. The lowest BCUT2D eigenvalue weighted by Gasteiger charge is -2.08. The van der Waals surface area contributed by atoms with Crippen LogP contribution in [-0.4, -0.2) is 258 Å². The molecule has 0 aromatic heterocycles. The summed E-state index contributed by atoms with van der Waals surface area (Å²) in [7, 11) is 16.9. The molecule has 25 nitrogen and oxygen atoms in total. The SMILES string of the molecule is COCCNCCOC.COCCNCCOC.COCCNCCOC.COCCNCCOC.COCCNCCOC.O=C(O)c1ccc(C(=O)O)c(C(=O)O)c1C(=O)O.O=C(O)c1ccccc1Cl. The van der Waals surface area contributed by atoms with E-state index in [1.54, 1.807) is 89.3 Å². The molecule has 0 radical (unpaired) electrons. The maximum atomic E-state index is 10.9. The molecule has 0 aliphatic heterocycles. The maximum absolute atomic E-state index is 10.9. The van der Waals surface area contributed by atoms with Crippen LogP contribution in [0.4, 0.5) is 0 Å². The zero-order chi connectivity index (χ0) is 56.3. The van der Waals surface area contributed by atoms with Gasteiger partial charge in [0.05, 0.1) is 98.9 Å². The molecule has 10 N–H and O–H groups in total. The van der Waals surface area contributed by atoms with Gasteiger partial charge in [0.25, 0.3) is 0 Å². The molecule has 0 atom stereocenters. The normalized spacial score (nSPS) is 9.85. The Morgan fingerprint density at radius 2 is 0.521 bits per heavy atom. The van der Waals surface area contributed by atoms with Crippen LogP contribution >= 0.6 is 11.6 Å². The number of carbonyl (C=O) groups is 5. The lowest BCUT2D eigenvalue weighted by atomic mass is 9.95. The Bertz CT molecular complexity index is 1440. The fourth-order valence-electron chi connectivity index (χ4n) is 4.41. The first-order valence-electron chi connectivity index (χ1n) is 22.6. The molecule has 0 unspecified atom stereocenters. The Morgan fingerprint density at radius 3 is 0.658 bits per heavy atom. The van der Waals surface area contributed by atoms with E-state index in [0.717, 1.165) is 144 Å². The zero-order valence-corrected chi connectivity index (χ0v) is 45.1. The third-order valence-corrected chi connectivity index (χ3v) is 8.36. The Morgan fingerprint density at radius 1 is 0.329 bits per heavy atom. The molecule has 0 saturated heterocycles. The Balaban J connectivity index is -0.000000252.